The number of carbonyl (C=O) groups excluding carboxylic acids is 1. The van der Waals surface area contributed by atoms with Crippen molar-refractivity contribution < 1.29 is 24.1 Å². The average molecular weight is 308 g/mol. The highest BCUT2D eigenvalue weighted by Gasteiger charge is 2.37. The first-order chi connectivity index (χ1) is 10.2. The van der Waals surface area contributed by atoms with E-state index in [9.17, 15) is 19.9 Å². The Hall–Kier alpha value is -2.13. The monoisotopic (exact) mass is 308 g/mol. The maximum atomic E-state index is 11.7. The molecule has 2 rings (SSSR count). The van der Waals surface area contributed by atoms with Gasteiger partial charge in [-0.1, -0.05) is 6.07 Å². The van der Waals surface area contributed by atoms with Gasteiger partial charge in [-0.15, -0.1) is 0 Å². The van der Waals surface area contributed by atoms with Crippen molar-refractivity contribution in [2.24, 2.45) is 0 Å². The smallest absolute Gasteiger partial charge is 0.444 e. The van der Waals surface area contributed by atoms with Gasteiger partial charge in [-0.25, -0.2) is 4.79 Å². The highest BCUT2D eigenvalue weighted by Crippen LogP contribution is 2.25. The first-order valence-corrected chi connectivity index (χ1v) is 6.75. The van der Waals surface area contributed by atoms with Crippen molar-refractivity contribution >= 4 is 24.4 Å². The van der Waals surface area contributed by atoms with Crippen molar-refractivity contribution in [1.82, 2.24) is 0 Å². The Bertz CT molecular complexity index is 601. The fraction of sp³-hybridized carbons (Fsp3) is 0.462. The van der Waals surface area contributed by atoms with Crippen molar-refractivity contribution in [3.8, 4) is 0 Å². The van der Waals surface area contributed by atoms with Crippen LogP contribution in [-0.2, 0) is 9.39 Å². The number of nitro groups is 1. The van der Waals surface area contributed by atoms with Gasteiger partial charge in [0.05, 0.1) is 0 Å². The average Bonchev–Trinajstić information content (AvgIpc) is 2.62. The second-order valence-electron chi connectivity index (χ2n) is 5.96. The minimum Gasteiger partial charge on any atom is -0.444 e. The molecule has 0 saturated carbocycles. The molecule has 118 valence electrons. The zero-order valence-corrected chi connectivity index (χ0v) is 12.5. The summed E-state index contributed by atoms with van der Waals surface area (Å²) in [5.74, 6) is 0. The fourth-order valence-electron chi connectivity index (χ4n) is 2.16. The molecule has 1 aromatic rings. The van der Waals surface area contributed by atoms with Crippen LogP contribution in [0.5, 0.6) is 0 Å². The Morgan fingerprint density at radius 3 is 2.82 bits per heavy atom. The van der Waals surface area contributed by atoms with E-state index in [1.165, 1.54) is 6.07 Å². The largest absolute Gasteiger partial charge is 0.492 e. The molecule has 22 heavy (non-hydrogen) atoms. The normalized spacial score (nSPS) is 17.1. The van der Waals surface area contributed by atoms with Crippen LogP contribution in [0.25, 0.3) is 0 Å². The van der Waals surface area contributed by atoms with Crippen molar-refractivity contribution in [2.45, 2.75) is 32.5 Å². The van der Waals surface area contributed by atoms with Gasteiger partial charge in [0, 0.05) is 10.6 Å². The predicted octanol–water partition coefficient (Wildman–Crippen LogP) is 1.07. The van der Waals surface area contributed by atoms with E-state index >= 15 is 0 Å². The summed E-state index contributed by atoms with van der Waals surface area (Å²) < 4.78 is 10.3. The Kier molecular flexibility index (Phi) is 4.38. The summed E-state index contributed by atoms with van der Waals surface area (Å²) >= 11 is 0. The molecule has 0 aromatic heterocycles. The fourth-order valence-corrected chi connectivity index (χ4v) is 2.16. The van der Waals surface area contributed by atoms with Gasteiger partial charge < -0.3 is 14.4 Å². The Morgan fingerprint density at radius 1 is 1.55 bits per heavy atom. The van der Waals surface area contributed by atoms with Crippen LogP contribution in [0.3, 0.4) is 0 Å². The minimum absolute atomic E-state index is 0.403. The number of rotatable bonds is 3. The number of carbonyl (C=O) groups is 1. The van der Waals surface area contributed by atoms with Crippen LogP contribution < -0.4 is 10.8 Å². The number of anilines is 1. The summed E-state index contributed by atoms with van der Waals surface area (Å²) in [6.07, 6.45) is -1.42. The molecule has 0 saturated heterocycles. The number of fused-ring (bicyclic) bond motifs is 1. The lowest BCUT2D eigenvalue weighted by Crippen LogP contribution is -2.30. The van der Waals surface area contributed by atoms with Crippen molar-refractivity contribution in [2.75, 3.05) is 11.9 Å². The molecule has 0 bridgehead atoms. The van der Waals surface area contributed by atoms with Gasteiger partial charge in [0.1, 0.15) is 11.7 Å². The number of amides is 1. The van der Waals surface area contributed by atoms with Crippen LogP contribution in [0, 0.1) is 10.1 Å². The van der Waals surface area contributed by atoms with E-state index in [2.05, 4.69) is 5.32 Å². The molecule has 9 heteroatoms. The molecule has 1 unspecified atom stereocenters. The molecule has 1 amide bonds. The SMILES string of the molecule is CC(C)(C)OC(=O)Nc1ccc2c(c1)B(O)OC2C[N+](=O)[O-]. The summed E-state index contributed by atoms with van der Waals surface area (Å²) in [7, 11) is -1.25. The number of ether oxygens (including phenoxy) is 1. The molecular formula is C13H17BN2O6. The van der Waals surface area contributed by atoms with Gasteiger partial charge in [0.15, 0.2) is 0 Å². The molecule has 1 heterocycles. The molecule has 1 aromatic carbocycles. The van der Waals surface area contributed by atoms with Crippen LogP contribution in [0.1, 0.15) is 32.4 Å². The lowest BCUT2D eigenvalue weighted by atomic mass is 9.79. The highest BCUT2D eigenvalue weighted by atomic mass is 16.6. The van der Waals surface area contributed by atoms with Gasteiger partial charge >= 0.3 is 13.2 Å². The molecule has 0 spiro atoms. The first kappa shape index (κ1) is 16.2. The van der Waals surface area contributed by atoms with Gasteiger partial charge in [-0.2, -0.15) is 0 Å². The third kappa shape index (κ3) is 3.95. The summed E-state index contributed by atoms with van der Waals surface area (Å²) in [5.41, 5.74) is 0.733. The van der Waals surface area contributed by atoms with E-state index in [-0.39, 0.29) is 0 Å². The molecule has 2 N–H and O–H groups in total. The number of hydrogen-bond acceptors (Lipinski definition) is 6. The molecule has 1 atom stereocenters. The molecule has 8 nitrogen and oxygen atoms in total. The van der Waals surface area contributed by atoms with Crippen LogP contribution in [-0.4, -0.2) is 35.3 Å². The first-order valence-electron chi connectivity index (χ1n) is 6.75. The van der Waals surface area contributed by atoms with E-state index in [0.29, 0.717) is 16.7 Å². The van der Waals surface area contributed by atoms with E-state index in [0.717, 1.165) is 0 Å². The third-order valence-corrected chi connectivity index (χ3v) is 2.95. The molecule has 0 radical (unpaired) electrons. The van der Waals surface area contributed by atoms with Crippen molar-refractivity contribution in [1.29, 1.82) is 0 Å². The number of benzene rings is 1. The summed E-state index contributed by atoms with van der Waals surface area (Å²) in [5, 5.41) is 23.0. The zero-order valence-electron chi connectivity index (χ0n) is 12.5. The second-order valence-corrected chi connectivity index (χ2v) is 5.96. The standard InChI is InChI=1S/C13H17BN2O6/c1-13(2,3)21-12(17)15-8-4-5-9-10(6-8)14(18)22-11(9)7-16(19)20/h4-6,11,18H,7H2,1-3H3,(H,15,17). The van der Waals surface area contributed by atoms with Crippen LogP contribution in [0.15, 0.2) is 18.2 Å². The predicted molar refractivity (Wildman–Crippen MR) is 79.6 cm³/mol. The molecule has 0 fully saturated rings. The van der Waals surface area contributed by atoms with Gasteiger partial charge in [0.2, 0.25) is 6.54 Å². The number of nitrogens with zero attached hydrogens (tertiary/aromatic N) is 1. The third-order valence-electron chi connectivity index (χ3n) is 2.95. The Morgan fingerprint density at radius 2 is 2.23 bits per heavy atom. The van der Waals surface area contributed by atoms with Gasteiger partial charge in [0.25, 0.3) is 0 Å². The topological polar surface area (TPSA) is 111 Å². The Balaban J connectivity index is 2.13. The second kappa shape index (κ2) is 5.94. The van der Waals surface area contributed by atoms with Crippen molar-refractivity contribution in [3.05, 3.63) is 33.9 Å². The Labute approximate surface area is 127 Å². The quantitative estimate of drug-likeness (QED) is 0.491. The summed E-state index contributed by atoms with van der Waals surface area (Å²) in [6, 6.07) is 4.69. The van der Waals surface area contributed by atoms with Crippen LogP contribution in [0.2, 0.25) is 0 Å². The lowest BCUT2D eigenvalue weighted by Gasteiger charge is -2.19. The van der Waals surface area contributed by atoms with E-state index in [1.807, 2.05) is 0 Å². The van der Waals surface area contributed by atoms with Gasteiger partial charge in [-0.3, -0.25) is 15.4 Å². The lowest BCUT2D eigenvalue weighted by molar-refractivity contribution is -0.490. The number of nitrogens with one attached hydrogen (secondary N) is 1. The highest BCUT2D eigenvalue weighted by molar-refractivity contribution is 6.61. The molecule has 1 aliphatic heterocycles. The summed E-state index contributed by atoms with van der Waals surface area (Å²) in [6.45, 7) is 4.81. The maximum Gasteiger partial charge on any atom is 0.492 e. The maximum absolute atomic E-state index is 11.7. The minimum atomic E-state index is -1.25. The van der Waals surface area contributed by atoms with E-state index in [4.69, 9.17) is 9.39 Å². The number of hydrogen-bond donors (Lipinski definition) is 2. The van der Waals surface area contributed by atoms with Gasteiger partial charge in [-0.05, 0) is 43.9 Å². The summed E-state index contributed by atoms with van der Waals surface area (Å²) in [4.78, 5) is 21.8. The van der Waals surface area contributed by atoms with Crippen molar-refractivity contribution in [3.63, 3.8) is 0 Å². The van der Waals surface area contributed by atoms with E-state index in [1.54, 1.807) is 32.9 Å². The molecular weight excluding hydrogens is 291 g/mol. The van der Waals surface area contributed by atoms with E-state index < -0.39 is 36.4 Å². The zero-order chi connectivity index (χ0) is 16.5. The van der Waals surface area contributed by atoms with Crippen LogP contribution in [0.4, 0.5) is 10.5 Å². The molecule has 1 aliphatic rings. The van der Waals surface area contributed by atoms with Crippen LogP contribution >= 0.6 is 0 Å². The molecule has 0 aliphatic carbocycles.